The summed E-state index contributed by atoms with van der Waals surface area (Å²) in [6.07, 6.45) is 8.49. The van der Waals surface area contributed by atoms with E-state index in [1.807, 2.05) is 11.0 Å². The normalized spacial score (nSPS) is 27.0. The van der Waals surface area contributed by atoms with Crippen molar-refractivity contribution in [2.24, 2.45) is 11.8 Å². The summed E-state index contributed by atoms with van der Waals surface area (Å²) < 4.78 is 21.6. The van der Waals surface area contributed by atoms with Crippen molar-refractivity contribution in [1.29, 1.82) is 5.26 Å². The molecule has 6 aliphatic rings. The van der Waals surface area contributed by atoms with Gasteiger partial charge in [-0.2, -0.15) is 5.26 Å². The standard InChI is InChI=1S/C42H43ClFN9O6/c43-32-15-29(4-1-23(32)18-45)59-28-5-2-26(3-6-28)48-39(55)34-19-47-37(20-46-34)52-21-24-13-27(14-25(24)22-52)50-9-11-51(12-10-50)36-17-31-30(16-33(36)44)41(57)53(42(31)58)35-7-8-38(54)49-40(35)56/h1,4,15-17,19-20,24-28,35H,2-3,5-14,21-22H2,(H,48,55)(H,49,54,56)/t24-,25?,26?,27?,28?,35?/m0/s1. The number of anilines is 2. The lowest BCUT2D eigenvalue weighted by Crippen LogP contribution is -2.54. The second-order valence-corrected chi connectivity index (χ2v) is 16.9. The summed E-state index contributed by atoms with van der Waals surface area (Å²) >= 11 is 6.15. The molecule has 0 radical (unpaired) electrons. The molecule has 2 N–H and O–H groups in total. The Morgan fingerprint density at radius 1 is 0.898 bits per heavy atom. The molecular weight excluding hydrogens is 781 g/mol. The largest absolute Gasteiger partial charge is 0.490 e. The molecule has 3 saturated heterocycles. The molecule has 5 fully saturated rings. The highest BCUT2D eigenvalue weighted by Gasteiger charge is 2.46. The smallest absolute Gasteiger partial charge is 0.271 e. The van der Waals surface area contributed by atoms with Gasteiger partial charge in [-0.15, -0.1) is 0 Å². The highest BCUT2D eigenvalue weighted by molar-refractivity contribution is 6.31. The minimum Gasteiger partial charge on any atom is -0.490 e. The van der Waals surface area contributed by atoms with Crippen molar-refractivity contribution in [3.05, 3.63) is 75.9 Å². The number of benzene rings is 2. The maximum atomic E-state index is 15.5. The maximum absolute atomic E-state index is 15.5. The van der Waals surface area contributed by atoms with Crippen molar-refractivity contribution in [3.63, 3.8) is 0 Å². The fourth-order valence-electron chi connectivity index (χ4n) is 9.84. The third-order valence-electron chi connectivity index (χ3n) is 13.0. The van der Waals surface area contributed by atoms with Crippen molar-refractivity contribution < 1.29 is 33.1 Å². The minimum absolute atomic E-state index is 0.00630. The molecule has 15 nitrogen and oxygen atoms in total. The Balaban J connectivity index is 0.728. The lowest BCUT2D eigenvalue weighted by molar-refractivity contribution is -0.136. The van der Waals surface area contributed by atoms with E-state index < -0.39 is 35.5 Å². The zero-order chi connectivity index (χ0) is 40.9. The number of nitrogens with zero attached hydrogens (tertiary/aromatic N) is 7. The molecule has 3 unspecified atom stereocenters. The van der Waals surface area contributed by atoms with Gasteiger partial charge in [0, 0.05) is 63.8 Å². The number of ether oxygens (including phenoxy) is 1. The number of nitrogens with one attached hydrogen (secondary N) is 2. The van der Waals surface area contributed by atoms with Gasteiger partial charge in [0.2, 0.25) is 11.8 Å². The molecular formula is C42H43ClFN9O6. The second kappa shape index (κ2) is 15.8. The summed E-state index contributed by atoms with van der Waals surface area (Å²) in [4.78, 5) is 80.2. The SMILES string of the molecule is N#Cc1ccc(OC2CCC(NC(=O)c3cnc(N4CC5CC(N6CCN(c7cc8c(cc7F)C(=O)N(C7CCC(=O)NC7=O)C8=O)CC6)C[C@H]5C4)cn3)CC2)cc1Cl. The average molecular weight is 824 g/mol. The third-order valence-corrected chi connectivity index (χ3v) is 13.3. The molecule has 5 amide bonds. The van der Waals surface area contributed by atoms with Crippen LogP contribution in [0, 0.1) is 29.0 Å². The van der Waals surface area contributed by atoms with E-state index in [0.717, 1.165) is 81.5 Å². The summed E-state index contributed by atoms with van der Waals surface area (Å²) in [6, 6.07) is 8.97. The van der Waals surface area contributed by atoms with E-state index in [0.29, 0.717) is 47.3 Å². The number of amides is 5. The number of carbonyl (C=O) groups excluding carboxylic acids is 5. The van der Waals surface area contributed by atoms with E-state index in [1.165, 1.54) is 6.07 Å². The fourth-order valence-corrected chi connectivity index (χ4v) is 10.1. The van der Waals surface area contributed by atoms with Crippen molar-refractivity contribution in [2.75, 3.05) is 49.1 Å². The van der Waals surface area contributed by atoms with Gasteiger partial charge in [-0.3, -0.25) is 39.1 Å². The van der Waals surface area contributed by atoms with Gasteiger partial charge >= 0.3 is 0 Å². The maximum Gasteiger partial charge on any atom is 0.271 e. The van der Waals surface area contributed by atoms with E-state index in [-0.39, 0.29) is 53.4 Å². The number of hydrogen-bond donors (Lipinski definition) is 2. The van der Waals surface area contributed by atoms with Crippen LogP contribution in [0.15, 0.2) is 42.7 Å². The molecule has 1 aromatic heterocycles. The molecule has 17 heteroatoms. The van der Waals surface area contributed by atoms with Crippen LogP contribution in [0.25, 0.3) is 0 Å². The highest BCUT2D eigenvalue weighted by atomic mass is 35.5. The van der Waals surface area contributed by atoms with Gasteiger partial charge in [-0.05, 0) is 81.0 Å². The molecule has 59 heavy (non-hydrogen) atoms. The van der Waals surface area contributed by atoms with Gasteiger partial charge in [-0.25, -0.2) is 14.4 Å². The van der Waals surface area contributed by atoms with Gasteiger partial charge < -0.3 is 19.9 Å². The van der Waals surface area contributed by atoms with Gasteiger partial charge in [0.15, 0.2) is 0 Å². The molecule has 306 valence electrons. The van der Waals surface area contributed by atoms with Crippen LogP contribution in [0.3, 0.4) is 0 Å². The molecule has 0 bridgehead atoms. The van der Waals surface area contributed by atoms with E-state index in [2.05, 4.69) is 30.4 Å². The van der Waals surface area contributed by atoms with E-state index >= 15 is 4.39 Å². The summed E-state index contributed by atoms with van der Waals surface area (Å²) in [7, 11) is 0. The number of halogens is 2. The summed E-state index contributed by atoms with van der Waals surface area (Å²) in [5.74, 6) is -0.965. The van der Waals surface area contributed by atoms with Gasteiger partial charge in [0.25, 0.3) is 17.7 Å². The molecule has 4 atom stereocenters. The van der Waals surface area contributed by atoms with Crippen LogP contribution >= 0.6 is 11.6 Å². The molecule has 3 aromatic rings. The minimum atomic E-state index is -1.10. The van der Waals surface area contributed by atoms with Gasteiger partial charge in [0.05, 0.1) is 45.9 Å². The van der Waals surface area contributed by atoms with Gasteiger partial charge in [0.1, 0.15) is 35.2 Å². The Kier molecular flexibility index (Phi) is 10.4. The predicted molar refractivity (Wildman–Crippen MR) is 211 cm³/mol. The van der Waals surface area contributed by atoms with Crippen LogP contribution in [0.4, 0.5) is 15.9 Å². The van der Waals surface area contributed by atoms with Crippen molar-refractivity contribution in [1.82, 2.24) is 30.4 Å². The second-order valence-electron chi connectivity index (χ2n) is 16.4. The first-order valence-electron chi connectivity index (χ1n) is 20.3. The number of piperazine rings is 1. The summed E-state index contributed by atoms with van der Waals surface area (Å²) in [5.41, 5.74) is 0.962. The molecule has 4 aliphatic heterocycles. The van der Waals surface area contributed by atoms with E-state index in [9.17, 15) is 24.0 Å². The number of imide groups is 2. The number of rotatable bonds is 8. The first kappa shape index (κ1) is 38.8. The Hall–Kier alpha value is -5.66. The van der Waals surface area contributed by atoms with E-state index in [4.69, 9.17) is 21.6 Å². The zero-order valence-corrected chi connectivity index (χ0v) is 33.0. The molecule has 2 aliphatic carbocycles. The van der Waals surface area contributed by atoms with Crippen molar-refractivity contribution in [3.8, 4) is 11.8 Å². The lowest BCUT2D eigenvalue weighted by Gasteiger charge is -2.39. The summed E-state index contributed by atoms with van der Waals surface area (Å²) in [6.45, 7) is 4.32. The van der Waals surface area contributed by atoms with Crippen LogP contribution < -0.4 is 25.2 Å². The quantitative estimate of drug-likeness (QED) is 0.315. The molecule has 5 heterocycles. The lowest BCUT2D eigenvalue weighted by atomic mass is 9.93. The first-order chi connectivity index (χ1) is 28.5. The highest BCUT2D eigenvalue weighted by Crippen LogP contribution is 2.42. The van der Waals surface area contributed by atoms with Crippen LogP contribution in [-0.4, -0.2) is 113 Å². The van der Waals surface area contributed by atoms with Crippen molar-refractivity contribution >= 4 is 52.6 Å². The number of nitriles is 1. The Bertz CT molecular complexity index is 2240. The first-order valence-corrected chi connectivity index (χ1v) is 20.7. The van der Waals surface area contributed by atoms with E-state index in [1.54, 1.807) is 30.6 Å². The fraction of sp³-hybridized carbons (Fsp3) is 0.476. The summed E-state index contributed by atoms with van der Waals surface area (Å²) in [5, 5.41) is 14.7. The molecule has 0 spiro atoms. The predicted octanol–water partition coefficient (Wildman–Crippen LogP) is 3.70. The van der Waals surface area contributed by atoms with Crippen LogP contribution in [-0.2, 0) is 9.59 Å². The molecule has 9 rings (SSSR count). The van der Waals surface area contributed by atoms with Crippen LogP contribution in [0.1, 0.15) is 88.1 Å². The van der Waals surface area contributed by atoms with Crippen LogP contribution in [0.2, 0.25) is 5.02 Å². The zero-order valence-electron chi connectivity index (χ0n) is 32.2. The Labute approximate surface area is 344 Å². The Morgan fingerprint density at radius 2 is 1.61 bits per heavy atom. The van der Waals surface area contributed by atoms with Gasteiger partial charge in [-0.1, -0.05) is 11.6 Å². The number of hydrogen-bond acceptors (Lipinski definition) is 12. The Morgan fingerprint density at radius 3 is 2.25 bits per heavy atom. The number of aromatic nitrogens is 2. The third kappa shape index (κ3) is 7.57. The number of fused-ring (bicyclic) bond motifs is 2. The topological polar surface area (TPSA) is 181 Å². The average Bonchev–Trinajstić information content (AvgIpc) is 3.89. The number of piperidine rings is 1. The number of carbonyl (C=O) groups is 5. The van der Waals surface area contributed by atoms with Crippen molar-refractivity contribution in [2.45, 2.75) is 75.6 Å². The van der Waals surface area contributed by atoms with Crippen LogP contribution in [0.5, 0.6) is 5.75 Å². The monoisotopic (exact) mass is 823 g/mol. The molecule has 2 saturated carbocycles. The molecule has 2 aromatic carbocycles.